The van der Waals surface area contributed by atoms with Crippen LogP contribution in [0.2, 0.25) is 0 Å². The van der Waals surface area contributed by atoms with Gasteiger partial charge in [-0.25, -0.2) is 9.97 Å². The summed E-state index contributed by atoms with van der Waals surface area (Å²) in [6.07, 6.45) is 7.73. The lowest BCUT2D eigenvalue weighted by Gasteiger charge is -2.20. The second kappa shape index (κ2) is 12.4. The SMILES string of the molecule is CC(=O)NCCOCC(=O)Nc1cccc(Nc2ncc(C)c(-c3c(C4CCCCC4)noc3C)n2)c1. The minimum absolute atomic E-state index is 0.108. The molecule has 3 aromatic rings. The van der Waals surface area contributed by atoms with E-state index in [0.717, 1.165) is 46.8 Å². The highest BCUT2D eigenvalue weighted by molar-refractivity contribution is 5.92. The molecule has 10 heteroatoms. The smallest absolute Gasteiger partial charge is 0.250 e. The van der Waals surface area contributed by atoms with Crippen LogP contribution in [0.4, 0.5) is 17.3 Å². The third kappa shape index (κ3) is 7.13. The van der Waals surface area contributed by atoms with Crippen LogP contribution in [-0.2, 0) is 14.3 Å². The van der Waals surface area contributed by atoms with E-state index in [4.69, 9.17) is 14.2 Å². The summed E-state index contributed by atoms with van der Waals surface area (Å²) < 4.78 is 10.9. The van der Waals surface area contributed by atoms with Crippen molar-refractivity contribution in [2.75, 3.05) is 30.4 Å². The number of rotatable bonds is 10. The maximum atomic E-state index is 12.2. The number of nitrogens with zero attached hydrogens (tertiary/aromatic N) is 3. The first-order valence-corrected chi connectivity index (χ1v) is 12.7. The molecule has 4 rings (SSSR count). The molecule has 1 fully saturated rings. The maximum absolute atomic E-state index is 12.2. The molecule has 0 radical (unpaired) electrons. The van der Waals surface area contributed by atoms with Gasteiger partial charge in [0.15, 0.2) is 0 Å². The number of hydrogen-bond acceptors (Lipinski definition) is 8. The Morgan fingerprint density at radius 1 is 1.14 bits per heavy atom. The Morgan fingerprint density at radius 3 is 2.70 bits per heavy atom. The number of amides is 2. The summed E-state index contributed by atoms with van der Waals surface area (Å²) >= 11 is 0. The molecule has 1 aromatic carbocycles. The van der Waals surface area contributed by atoms with E-state index in [9.17, 15) is 9.59 Å². The summed E-state index contributed by atoms with van der Waals surface area (Å²) in [7, 11) is 0. The van der Waals surface area contributed by atoms with E-state index in [1.54, 1.807) is 18.3 Å². The van der Waals surface area contributed by atoms with Gasteiger partial charge >= 0.3 is 0 Å². The molecule has 1 aliphatic rings. The molecule has 0 unspecified atom stereocenters. The molecule has 2 aromatic heterocycles. The number of aryl methyl sites for hydroxylation is 2. The minimum atomic E-state index is -0.285. The normalized spacial score (nSPS) is 13.8. The van der Waals surface area contributed by atoms with Crippen LogP contribution in [0, 0.1) is 13.8 Å². The molecule has 10 nitrogen and oxygen atoms in total. The predicted molar refractivity (Wildman–Crippen MR) is 141 cm³/mol. The van der Waals surface area contributed by atoms with Gasteiger partial charge in [-0.3, -0.25) is 9.59 Å². The predicted octanol–water partition coefficient (Wildman–Crippen LogP) is 4.63. The zero-order valence-corrected chi connectivity index (χ0v) is 21.6. The monoisotopic (exact) mass is 506 g/mol. The van der Waals surface area contributed by atoms with Gasteiger partial charge in [0, 0.05) is 37.0 Å². The van der Waals surface area contributed by atoms with Crippen molar-refractivity contribution in [3.05, 3.63) is 47.5 Å². The first kappa shape index (κ1) is 26.3. The third-order valence-electron chi connectivity index (χ3n) is 6.35. The molecule has 1 saturated carbocycles. The average molecular weight is 507 g/mol. The molecule has 0 saturated heterocycles. The fourth-order valence-electron chi connectivity index (χ4n) is 4.55. The van der Waals surface area contributed by atoms with Crippen LogP contribution in [0.25, 0.3) is 11.3 Å². The van der Waals surface area contributed by atoms with Crippen molar-refractivity contribution >= 4 is 29.1 Å². The molecule has 0 spiro atoms. The Hall–Kier alpha value is -3.79. The number of anilines is 3. The summed E-state index contributed by atoms with van der Waals surface area (Å²) in [5.74, 6) is 1.18. The summed E-state index contributed by atoms with van der Waals surface area (Å²) in [5.41, 5.74) is 5.07. The fourth-order valence-corrected chi connectivity index (χ4v) is 4.55. The Morgan fingerprint density at radius 2 is 1.92 bits per heavy atom. The lowest BCUT2D eigenvalue weighted by atomic mass is 9.84. The number of ether oxygens (including phenoxy) is 1. The topological polar surface area (TPSA) is 131 Å². The van der Waals surface area contributed by atoms with Crippen LogP contribution in [0.5, 0.6) is 0 Å². The summed E-state index contributed by atoms with van der Waals surface area (Å²) in [6.45, 7) is 5.86. The molecule has 0 aliphatic heterocycles. The lowest BCUT2D eigenvalue weighted by molar-refractivity contribution is -0.120. The van der Waals surface area contributed by atoms with Crippen molar-refractivity contribution in [2.45, 2.75) is 58.8 Å². The van der Waals surface area contributed by atoms with Gasteiger partial charge in [-0.15, -0.1) is 0 Å². The highest BCUT2D eigenvalue weighted by atomic mass is 16.5. The van der Waals surface area contributed by atoms with E-state index in [1.807, 2.05) is 26.0 Å². The number of aromatic nitrogens is 3. The summed E-state index contributed by atoms with van der Waals surface area (Å²) in [5, 5.41) is 13.1. The highest BCUT2D eigenvalue weighted by Gasteiger charge is 2.26. The van der Waals surface area contributed by atoms with Crippen LogP contribution < -0.4 is 16.0 Å². The number of benzene rings is 1. The zero-order valence-electron chi connectivity index (χ0n) is 21.6. The van der Waals surface area contributed by atoms with Gasteiger partial charge in [-0.1, -0.05) is 30.5 Å². The summed E-state index contributed by atoms with van der Waals surface area (Å²) in [6, 6.07) is 7.30. The van der Waals surface area contributed by atoms with E-state index >= 15 is 0 Å². The fraction of sp³-hybridized carbons (Fsp3) is 0.444. The van der Waals surface area contributed by atoms with Crippen LogP contribution in [0.1, 0.15) is 62.0 Å². The van der Waals surface area contributed by atoms with E-state index < -0.39 is 0 Å². The van der Waals surface area contributed by atoms with Crippen molar-refractivity contribution in [3.8, 4) is 11.3 Å². The standard InChI is InChI=1S/C27H34N6O4/c1-17-15-29-27(32-25(17)24-18(2)37-33-26(24)20-8-5-4-6-9-20)31-22-11-7-10-21(14-22)30-23(35)16-36-13-12-28-19(3)34/h7,10-11,14-15,20H,4-6,8-9,12-13,16H2,1-3H3,(H,28,34)(H,30,35)(H,29,31,32). The Kier molecular flexibility index (Phi) is 8.84. The molecule has 37 heavy (non-hydrogen) atoms. The van der Waals surface area contributed by atoms with Gasteiger partial charge in [-0.05, 0) is 50.5 Å². The lowest BCUT2D eigenvalue weighted by Crippen LogP contribution is -2.26. The van der Waals surface area contributed by atoms with E-state index in [1.165, 1.54) is 26.2 Å². The molecule has 1 aliphatic carbocycles. The molecular weight excluding hydrogens is 472 g/mol. The van der Waals surface area contributed by atoms with Crippen LogP contribution in [-0.4, -0.2) is 46.7 Å². The van der Waals surface area contributed by atoms with Gasteiger partial charge in [-0.2, -0.15) is 0 Å². The maximum Gasteiger partial charge on any atom is 0.250 e. The third-order valence-corrected chi connectivity index (χ3v) is 6.35. The van der Waals surface area contributed by atoms with Crippen molar-refractivity contribution < 1.29 is 18.8 Å². The van der Waals surface area contributed by atoms with Crippen LogP contribution in [0.3, 0.4) is 0 Å². The van der Waals surface area contributed by atoms with Gasteiger partial charge in [0.25, 0.3) is 0 Å². The van der Waals surface area contributed by atoms with Gasteiger partial charge < -0.3 is 25.2 Å². The largest absolute Gasteiger partial charge is 0.370 e. The average Bonchev–Trinajstić information content (AvgIpc) is 3.26. The van der Waals surface area contributed by atoms with Gasteiger partial charge in [0.1, 0.15) is 12.4 Å². The molecule has 2 heterocycles. The zero-order chi connectivity index (χ0) is 26.2. The van der Waals surface area contributed by atoms with Crippen molar-refractivity contribution in [2.24, 2.45) is 0 Å². The summed E-state index contributed by atoms with van der Waals surface area (Å²) in [4.78, 5) is 32.4. The minimum Gasteiger partial charge on any atom is -0.370 e. The van der Waals surface area contributed by atoms with Crippen LogP contribution in [0.15, 0.2) is 35.0 Å². The molecule has 3 N–H and O–H groups in total. The van der Waals surface area contributed by atoms with E-state index in [-0.39, 0.29) is 25.0 Å². The van der Waals surface area contributed by atoms with Crippen molar-refractivity contribution in [3.63, 3.8) is 0 Å². The number of carbonyl (C=O) groups is 2. The number of hydrogen-bond donors (Lipinski definition) is 3. The van der Waals surface area contributed by atoms with Crippen LogP contribution >= 0.6 is 0 Å². The highest BCUT2D eigenvalue weighted by Crippen LogP contribution is 2.39. The molecule has 196 valence electrons. The van der Waals surface area contributed by atoms with Gasteiger partial charge in [0.2, 0.25) is 17.8 Å². The first-order valence-electron chi connectivity index (χ1n) is 12.7. The second-order valence-corrected chi connectivity index (χ2v) is 9.35. The molecule has 0 atom stereocenters. The molecular formula is C27H34N6O4. The Balaban J connectivity index is 1.43. The van der Waals surface area contributed by atoms with E-state index in [2.05, 4.69) is 26.1 Å². The van der Waals surface area contributed by atoms with Gasteiger partial charge in [0.05, 0.1) is 23.6 Å². The van der Waals surface area contributed by atoms with Crippen molar-refractivity contribution in [1.29, 1.82) is 0 Å². The molecule has 0 bridgehead atoms. The first-order chi connectivity index (χ1) is 17.9. The van der Waals surface area contributed by atoms with E-state index in [0.29, 0.717) is 24.1 Å². The quantitative estimate of drug-likeness (QED) is 0.339. The number of carbonyl (C=O) groups excluding carboxylic acids is 2. The number of nitrogens with one attached hydrogen (secondary N) is 3. The molecule has 2 amide bonds. The Labute approximate surface area is 216 Å². The Bertz CT molecular complexity index is 1240. The second-order valence-electron chi connectivity index (χ2n) is 9.35. The van der Waals surface area contributed by atoms with Crippen molar-refractivity contribution in [1.82, 2.24) is 20.4 Å².